The van der Waals surface area contributed by atoms with Crippen LogP contribution in [-0.2, 0) is 19.1 Å². The number of hydrogen-bond acceptors (Lipinski definition) is 4. The highest BCUT2D eigenvalue weighted by atomic mass is 16.5. The number of carbonyl (C=O) groups is 2. The van der Waals surface area contributed by atoms with Crippen LogP contribution in [0.3, 0.4) is 0 Å². The van der Waals surface area contributed by atoms with Crippen molar-refractivity contribution in [1.29, 1.82) is 0 Å². The molecule has 0 bridgehead atoms. The molecule has 0 rings (SSSR count). The maximum Gasteiger partial charge on any atom is 0.306 e. The monoisotopic (exact) mass is 258 g/mol. The topological polar surface area (TPSA) is 52.6 Å². The summed E-state index contributed by atoms with van der Waals surface area (Å²) in [7, 11) is 0. The van der Waals surface area contributed by atoms with Crippen molar-refractivity contribution < 1.29 is 19.1 Å². The van der Waals surface area contributed by atoms with Crippen LogP contribution in [0.2, 0.25) is 0 Å². The molecule has 0 aliphatic heterocycles. The average molecular weight is 258 g/mol. The summed E-state index contributed by atoms with van der Waals surface area (Å²) in [6.45, 7) is 4.75. The second-order valence-electron chi connectivity index (χ2n) is 4.29. The number of hydrogen-bond donors (Lipinski definition) is 0. The van der Waals surface area contributed by atoms with E-state index in [0.29, 0.717) is 13.2 Å². The summed E-state index contributed by atoms with van der Waals surface area (Å²) >= 11 is 0. The van der Waals surface area contributed by atoms with Crippen LogP contribution in [0.5, 0.6) is 0 Å². The Bertz CT molecular complexity index is 226. The molecule has 0 amide bonds. The van der Waals surface area contributed by atoms with Crippen molar-refractivity contribution in [1.82, 2.24) is 0 Å². The molecule has 0 N–H and O–H groups in total. The number of carbonyl (C=O) groups excluding carboxylic acids is 2. The Morgan fingerprint density at radius 3 is 1.94 bits per heavy atom. The predicted molar refractivity (Wildman–Crippen MR) is 70.2 cm³/mol. The minimum Gasteiger partial charge on any atom is -0.466 e. The molecule has 0 aromatic rings. The van der Waals surface area contributed by atoms with Gasteiger partial charge in [-0.1, -0.05) is 39.0 Å². The Morgan fingerprint density at radius 2 is 1.33 bits per heavy atom. The van der Waals surface area contributed by atoms with E-state index in [1.54, 1.807) is 6.92 Å². The van der Waals surface area contributed by atoms with Gasteiger partial charge in [-0.25, -0.2) is 0 Å². The summed E-state index contributed by atoms with van der Waals surface area (Å²) in [4.78, 5) is 22.3. The summed E-state index contributed by atoms with van der Waals surface area (Å²) in [5.41, 5.74) is 0. The molecule has 0 saturated carbocycles. The van der Waals surface area contributed by atoms with Gasteiger partial charge < -0.3 is 9.47 Å². The van der Waals surface area contributed by atoms with Gasteiger partial charge in [-0.05, 0) is 13.3 Å². The fourth-order valence-electron chi connectivity index (χ4n) is 1.58. The first kappa shape index (κ1) is 16.9. The van der Waals surface area contributed by atoms with Gasteiger partial charge in [0.25, 0.3) is 0 Å². The maximum absolute atomic E-state index is 11.3. The van der Waals surface area contributed by atoms with Gasteiger partial charge >= 0.3 is 11.9 Å². The summed E-state index contributed by atoms with van der Waals surface area (Å²) < 4.78 is 9.76. The Kier molecular flexibility index (Phi) is 11.7. The van der Waals surface area contributed by atoms with Crippen molar-refractivity contribution in [3.8, 4) is 0 Å². The molecule has 0 atom stereocenters. The van der Waals surface area contributed by atoms with Crippen molar-refractivity contribution in [3.05, 3.63) is 0 Å². The number of unbranched alkanes of at least 4 members (excludes halogenated alkanes) is 5. The van der Waals surface area contributed by atoms with E-state index in [9.17, 15) is 9.59 Å². The zero-order valence-corrected chi connectivity index (χ0v) is 11.7. The fraction of sp³-hybridized carbons (Fsp3) is 0.857. The Balaban J connectivity index is 3.29. The highest BCUT2D eigenvalue weighted by Gasteiger charge is 2.08. The molecule has 0 radical (unpaired) electrons. The molecular weight excluding hydrogens is 232 g/mol. The van der Waals surface area contributed by atoms with E-state index in [4.69, 9.17) is 9.47 Å². The van der Waals surface area contributed by atoms with Gasteiger partial charge in [0.2, 0.25) is 0 Å². The van der Waals surface area contributed by atoms with Crippen LogP contribution in [0, 0.1) is 0 Å². The number of ether oxygens (including phenoxy) is 2. The molecule has 0 spiro atoms. The Hall–Kier alpha value is -1.06. The highest BCUT2D eigenvalue weighted by molar-refractivity contribution is 5.77. The molecule has 0 fully saturated rings. The van der Waals surface area contributed by atoms with Crippen LogP contribution in [0.25, 0.3) is 0 Å². The summed E-state index contributed by atoms with van der Waals surface area (Å²) in [6.07, 6.45) is 7.22. The Morgan fingerprint density at radius 1 is 0.778 bits per heavy atom. The van der Waals surface area contributed by atoms with Gasteiger partial charge in [0.1, 0.15) is 0 Å². The van der Waals surface area contributed by atoms with Crippen LogP contribution in [-0.4, -0.2) is 25.2 Å². The fourth-order valence-corrected chi connectivity index (χ4v) is 1.58. The van der Waals surface area contributed by atoms with Gasteiger partial charge in [0, 0.05) is 0 Å². The first-order valence-corrected chi connectivity index (χ1v) is 7.02. The molecule has 4 heteroatoms. The van der Waals surface area contributed by atoms with Crippen molar-refractivity contribution in [3.63, 3.8) is 0 Å². The first-order valence-electron chi connectivity index (χ1n) is 7.02. The van der Waals surface area contributed by atoms with Crippen molar-refractivity contribution in [2.75, 3.05) is 13.2 Å². The number of rotatable bonds is 11. The molecule has 0 aliphatic carbocycles. The molecule has 0 aromatic heterocycles. The van der Waals surface area contributed by atoms with Gasteiger partial charge in [-0.3, -0.25) is 9.59 Å². The van der Waals surface area contributed by atoms with Gasteiger partial charge in [-0.15, -0.1) is 0 Å². The van der Waals surface area contributed by atoms with Gasteiger partial charge in [0.05, 0.1) is 26.1 Å². The third-order valence-electron chi connectivity index (χ3n) is 2.60. The maximum atomic E-state index is 11.3. The summed E-state index contributed by atoms with van der Waals surface area (Å²) in [5, 5.41) is 0. The largest absolute Gasteiger partial charge is 0.466 e. The molecule has 0 heterocycles. The molecular formula is C14H26O4. The second kappa shape index (κ2) is 12.4. The smallest absolute Gasteiger partial charge is 0.306 e. The molecule has 0 aliphatic rings. The van der Waals surface area contributed by atoms with E-state index < -0.39 is 0 Å². The van der Waals surface area contributed by atoms with E-state index in [2.05, 4.69) is 6.92 Å². The highest BCUT2D eigenvalue weighted by Crippen LogP contribution is 2.05. The minimum absolute atomic E-state index is 0.114. The quantitative estimate of drug-likeness (QED) is 0.422. The van der Waals surface area contributed by atoms with Gasteiger partial charge in [0.15, 0.2) is 0 Å². The molecule has 4 nitrogen and oxygen atoms in total. The first-order chi connectivity index (χ1) is 8.70. The lowest BCUT2D eigenvalue weighted by molar-refractivity contribution is -0.150. The standard InChI is InChI=1S/C14H26O4/c1-3-5-6-7-8-9-12-18-14(16)11-10-13(15)17-4-2/h3-12H2,1-2H3. The second-order valence-corrected chi connectivity index (χ2v) is 4.29. The molecule has 0 saturated heterocycles. The van der Waals surface area contributed by atoms with E-state index in [1.807, 2.05) is 0 Å². The van der Waals surface area contributed by atoms with E-state index in [1.165, 1.54) is 25.7 Å². The SMILES string of the molecule is CCCCCCCCOC(=O)CCC(=O)OCC. The molecule has 106 valence electrons. The van der Waals surface area contributed by atoms with Gasteiger partial charge in [-0.2, -0.15) is 0 Å². The van der Waals surface area contributed by atoms with E-state index in [-0.39, 0.29) is 24.8 Å². The lowest BCUT2D eigenvalue weighted by Gasteiger charge is -2.04. The van der Waals surface area contributed by atoms with Crippen LogP contribution in [0.1, 0.15) is 65.2 Å². The number of esters is 2. The summed E-state index contributed by atoms with van der Waals surface area (Å²) in [5.74, 6) is -0.648. The lowest BCUT2D eigenvalue weighted by atomic mass is 10.1. The zero-order chi connectivity index (χ0) is 13.6. The molecule has 18 heavy (non-hydrogen) atoms. The van der Waals surface area contributed by atoms with E-state index in [0.717, 1.165) is 12.8 Å². The lowest BCUT2D eigenvalue weighted by Crippen LogP contribution is -2.10. The van der Waals surface area contributed by atoms with Crippen LogP contribution in [0.15, 0.2) is 0 Å². The normalized spacial score (nSPS) is 10.1. The molecule has 0 unspecified atom stereocenters. The van der Waals surface area contributed by atoms with Crippen molar-refractivity contribution in [2.45, 2.75) is 65.2 Å². The van der Waals surface area contributed by atoms with Crippen molar-refractivity contribution >= 4 is 11.9 Å². The zero-order valence-electron chi connectivity index (χ0n) is 11.7. The minimum atomic E-state index is -0.339. The van der Waals surface area contributed by atoms with Crippen LogP contribution >= 0.6 is 0 Å². The van der Waals surface area contributed by atoms with Crippen LogP contribution in [0.4, 0.5) is 0 Å². The van der Waals surface area contributed by atoms with E-state index >= 15 is 0 Å². The predicted octanol–water partition coefficient (Wildman–Crippen LogP) is 3.23. The third kappa shape index (κ3) is 11.4. The molecule has 0 aromatic carbocycles. The average Bonchev–Trinajstić information content (AvgIpc) is 2.35. The summed E-state index contributed by atoms with van der Waals surface area (Å²) in [6, 6.07) is 0. The Labute approximate surface area is 110 Å². The van der Waals surface area contributed by atoms with Crippen molar-refractivity contribution in [2.24, 2.45) is 0 Å². The third-order valence-corrected chi connectivity index (χ3v) is 2.60. The van der Waals surface area contributed by atoms with Crippen LogP contribution < -0.4 is 0 Å².